The van der Waals surface area contributed by atoms with Crippen molar-refractivity contribution < 1.29 is 15.0 Å². The van der Waals surface area contributed by atoms with Crippen molar-refractivity contribution in [3.63, 3.8) is 0 Å². The Bertz CT molecular complexity index is 446. The zero-order valence-corrected chi connectivity index (χ0v) is 8.81. The molecular weight excluding hydrogens is 206 g/mol. The van der Waals surface area contributed by atoms with Crippen molar-refractivity contribution in [2.24, 2.45) is 4.99 Å². The average molecular weight is 219 g/mol. The van der Waals surface area contributed by atoms with Gasteiger partial charge in [0.05, 0.1) is 12.1 Å². The third kappa shape index (κ3) is 1.62. The van der Waals surface area contributed by atoms with E-state index in [1.807, 2.05) is 0 Å². The first-order valence-electron chi connectivity index (χ1n) is 5.24. The number of nitrogens with zero attached hydrogens (tertiary/aromatic N) is 1. The first kappa shape index (κ1) is 10.9. The normalized spacial score (nSPS) is 17.3. The van der Waals surface area contributed by atoms with E-state index in [9.17, 15) is 9.90 Å². The highest BCUT2D eigenvalue weighted by molar-refractivity contribution is 5.43. The largest absolute Gasteiger partial charge is 0.508 e. The SMILES string of the molecule is O=C=NC1(c2ccc(CO)c(O)c2)CCC1. The van der Waals surface area contributed by atoms with Crippen LogP contribution in [-0.4, -0.2) is 16.3 Å². The van der Waals surface area contributed by atoms with E-state index in [1.165, 1.54) is 0 Å². The second-order valence-corrected chi connectivity index (χ2v) is 4.09. The summed E-state index contributed by atoms with van der Waals surface area (Å²) >= 11 is 0. The topological polar surface area (TPSA) is 69.9 Å². The molecule has 4 heteroatoms. The van der Waals surface area contributed by atoms with Crippen LogP contribution >= 0.6 is 0 Å². The number of hydrogen-bond donors (Lipinski definition) is 2. The van der Waals surface area contributed by atoms with Crippen LogP contribution in [0.3, 0.4) is 0 Å². The predicted molar refractivity (Wildman–Crippen MR) is 57.7 cm³/mol. The molecule has 16 heavy (non-hydrogen) atoms. The fraction of sp³-hybridized carbons (Fsp3) is 0.417. The molecule has 0 unspecified atom stereocenters. The molecule has 1 aliphatic rings. The van der Waals surface area contributed by atoms with Gasteiger partial charge in [0.25, 0.3) is 0 Å². The number of hydrogen-bond acceptors (Lipinski definition) is 4. The Morgan fingerprint density at radius 3 is 2.62 bits per heavy atom. The number of phenols is 1. The van der Waals surface area contributed by atoms with Crippen LogP contribution in [0.5, 0.6) is 5.75 Å². The monoisotopic (exact) mass is 219 g/mol. The van der Waals surface area contributed by atoms with E-state index in [0.717, 1.165) is 24.8 Å². The number of aliphatic imine (C=N–C) groups is 1. The highest BCUT2D eigenvalue weighted by Crippen LogP contribution is 2.45. The summed E-state index contributed by atoms with van der Waals surface area (Å²) in [5.74, 6) is 0.0485. The first-order valence-corrected chi connectivity index (χ1v) is 5.24. The maximum absolute atomic E-state index is 10.4. The van der Waals surface area contributed by atoms with Crippen molar-refractivity contribution in [1.29, 1.82) is 0 Å². The fourth-order valence-corrected chi connectivity index (χ4v) is 2.05. The van der Waals surface area contributed by atoms with Crippen LogP contribution in [0, 0.1) is 0 Å². The molecule has 4 nitrogen and oxygen atoms in total. The highest BCUT2D eigenvalue weighted by Gasteiger charge is 2.39. The van der Waals surface area contributed by atoms with E-state index >= 15 is 0 Å². The van der Waals surface area contributed by atoms with Gasteiger partial charge in [-0.3, -0.25) is 0 Å². The van der Waals surface area contributed by atoms with Crippen molar-refractivity contribution in [3.8, 4) is 5.75 Å². The van der Waals surface area contributed by atoms with E-state index in [2.05, 4.69) is 4.99 Å². The van der Waals surface area contributed by atoms with E-state index in [0.29, 0.717) is 5.56 Å². The van der Waals surface area contributed by atoms with Gasteiger partial charge in [-0.1, -0.05) is 12.1 Å². The molecule has 0 spiro atoms. The van der Waals surface area contributed by atoms with Crippen LogP contribution in [0.25, 0.3) is 0 Å². The molecule has 1 aromatic rings. The lowest BCUT2D eigenvalue weighted by atomic mass is 9.72. The summed E-state index contributed by atoms with van der Waals surface area (Å²) in [6.07, 6.45) is 4.23. The summed E-state index contributed by atoms with van der Waals surface area (Å²) in [6.45, 7) is -0.198. The standard InChI is InChI=1S/C12H13NO3/c14-7-9-2-3-10(6-11(9)16)12(13-8-15)4-1-5-12/h2-3,6,14,16H,1,4-5,7H2. The Balaban J connectivity index is 2.40. The molecular formula is C12H13NO3. The number of benzene rings is 1. The van der Waals surface area contributed by atoms with Crippen molar-refractivity contribution in [1.82, 2.24) is 0 Å². The van der Waals surface area contributed by atoms with Gasteiger partial charge < -0.3 is 10.2 Å². The average Bonchev–Trinajstić information content (AvgIpc) is 2.23. The van der Waals surface area contributed by atoms with Gasteiger partial charge in [0, 0.05) is 5.56 Å². The second kappa shape index (κ2) is 4.08. The van der Waals surface area contributed by atoms with E-state index < -0.39 is 5.54 Å². The van der Waals surface area contributed by atoms with Crippen LogP contribution < -0.4 is 0 Å². The van der Waals surface area contributed by atoms with Crippen LogP contribution in [0.15, 0.2) is 23.2 Å². The lowest BCUT2D eigenvalue weighted by molar-refractivity contribution is 0.253. The minimum Gasteiger partial charge on any atom is -0.508 e. The van der Waals surface area contributed by atoms with Gasteiger partial charge in [0.2, 0.25) is 6.08 Å². The van der Waals surface area contributed by atoms with Gasteiger partial charge in [-0.2, -0.15) is 4.99 Å². The predicted octanol–water partition coefficient (Wildman–Crippen LogP) is 1.60. The van der Waals surface area contributed by atoms with Crippen LogP contribution in [0.2, 0.25) is 0 Å². The number of isocyanates is 1. The first-order chi connectivity index (χ1) is 7.72. The van der Waals surface area contributed by atoms with Gasteiger partial charge in [-0.25, -0.2) is 4.79 Å². The van der Waals surface area contributed by atoms with Gasteiger partial charge in [-0.05, 0) is 30.9 Å². The van der Waals surface area contributed by atoms with E-state index in [-0.39, 0.29) is 12.4 Å². The highest BCUT2D eigenvalue weighted by atomic mass is 16.3. The number of rotatable bonds is 3. The quantitative estimate of drug-likeness (QED) is 0.599. The molecule has 2 N–H and O–H groups in total. The smallest absolute Gasteiger partial charge is 0.235 e. The summed E-state index contributed by atoms with van der Waals surface area (Å²) in [7, 11) is 0. The van der Waals surface area contributed by atoms with Crippen molar-refractivity contribution in [2.75, 3.05) is 0 Å². The molecule has 0 amide bonds. The molecule has 1 aliphatic carbocycles. The maximum Gasteiger partial charge on any atom is 0.235 e. The summed E-state index contributed by atoms with van der Waals surface area (Å²) in [4.78, 5) is 14.2. The third-order valence-electron chi connectivity index (χ3n) is 3.23. The minimum absolute atomic E-state index is 0.0485. The second-order valence-electron chi connectivity index (χ2n) is 4.09. The lowest BCUT2D eigenvalue weighted by Crippen LogP contribution is -2.31. The molecule has 0 aromatic heterocycles. The Morgan fingerprint density at radius 2 is 2.19 bits per heavy atom. The number of aliphatic hydroxyl groups is 1. The Morgan fingerprint density at radius 1 is 1.44 bits per heavy atom. The molecule has 0 saturated heterocycles. The van der Waals surface area contributed by atoms with Gasteiger partial charge in [0.1, 0.15) is 5.75 Å². The van der Waals surface area contributed by atoms with E-state index in [1.54, 1.807) is 24.3 Å². The molecule has 0 aliphatic heterocycles. The van der Waals surface area contributed by atoms with Crippen LogP contribution in [-0.2, 0) is 16.9 Å². The zero-order chi connectivity index (χ0) is 11.6. The number of aromatic hydroxyl groups is 1. The van der Waals surface area contributed by atoms with Crippen molar-refractivity contribution in [2.45, 2.75) is 31.4 Å². The summed E-state index contributed by atoms with van der Waals surface area (Å²) in [5.41, 5.74) is 0.804. The molecule has 1 fully saturated rings. The Kier molecular flexibility index (Phi) is 2.77. The minimum atomic E-state index is -0.493. The van der Waals surface area contributed by atoms with E-state index in [4.69, 9.17) is 5.11 Å². The summed E-state index contributed by atoms with van der Waals surface area (Å²) in [5, 5.41) is 18.6. The maximum atomic E-state index is 10.4. The molecule has 0 heterocycles. The summed E-state index contributed by atoms with van der Waals surface area (Å²) < 4.78 is 0. The van der Waals surface area contributed by atoms with Crippen molar-refractivity contribution in [3.05, 3.63) is 29.3 Å². The molecule has 2 rings (SSSR count). The Hall–Kier alpha value is -1.64. The molecule has 84 valence electrons. The zero-order valence-electron chi connectivity index (χ0n) is 8.81. The fourth-order valence-electron chi connectivity index (χ4n) is 2.05. The molecule has 0 bridgehead atoms. The van der Waals surface area contributed by atoms with Crippen LogP contribution in [0.4, 0.5) is 0 Å². The molecule has 0 atom stereocenters. The third-order valence-corrected chi connectivity index (χ3v) is 3.23. The molecule has 1 saturated carbocycles. The van der Waals surface area contributed by atoms with Gasteiger partial charge >= 0.3 is 0 Å². The number of aliphatic hydroxyl groups excluding tert-OH is 1. The lowest BCUT2D eigenvalue weighted by Gasteiger charge is -2.37. The van der Waals surface area contributed by atoms with Crippen molar-refractivity contribution >= 4 is 6.08 Å². The van der Waals surface area contributed by atoms with Crippen LogP contribution in [0.1, 0.15) is 30.4 Å². The molecule has 0 radical (unpaired) electrons. The van der Waals surface area contributed by atoms with Gasteiger partial charge in [0.15, 0.2) is 0 Å². The van der Waals surface area contributed by atoms with Gasteiger partial charge in [-0.15, -0.1) is 0 Å². The molecule has 1 aromatic carbocycles. The number of carbonyl (C=O) groups excluding carboxylic acids is 1. The summed E-state index contributed by atoms with van der Waals surface area (Å²) in [6, 6.07) is 5.03. The Labute approximate surface area is 93.3 Å².